The van der Waals surface area contributed by atoms with Gasteiger partial charge in [0.15, 0.2) is 12.4 Å². The highest BCUT2D eigenvalue weighted by Crippen LogP contribution is 2.15. The van der Waals surface area contributed by atoms with Crippen LogP contribution in [0.2, 0.25) is 0 Å². The first-order valence-corrected chi connectivity index (χ1v) is 9.19. The van der Waals surface area contributed by atoms with Crippen LogP contribution in [0.4, 0.5) is 4.39 Å². The lowest BCUT2D eigenvalue weighted by atomic mass is 10.1. The first-order valence-electron chi connectivity index (χ1n) is 9.19. The summed E-state index contributed by atoms with van der Waals surface area (Å²) < 4.78 is 19.1. The number of amides is 1. The first-order chi connectivity index (χ1) is 13.5. The summed E-state index contributed by atoms with van der Waals surface area (Å²) in [6.07, 6.45) is 2.79. The summed E-state index contributed by atoms with van der Waals surface area (Å²) in [4.78, 5) is 28.4. The van der Waals surface area contributed by atoms with Crippen molar-refractivity contribution in [2.75, 3.05) is 39.8 Å². The Morgan fingerprint density at radius 3 is 2.34 bits per heavy atom. The quantitative estimate of drug-likeness (QED) is 0.533. The Kier molecular flexibility index (Phi) is 8.36. The number of likely N-dealkylation sites (N-methyl/N-ethyl adjacent to an activating group) is 1. The second kappa shape index (κ2) is 10.7. The van der Waals surface area contributed by atoms with E-state index in [-0.39, 0.29) is 36.5 Å². The van der Waals surface area contributed by atoms with Crippen molar-refractivity contribution in [1.29, 1.82) is 0 Å². The van der Waals surface area contributed by atoms with E-state index in [2.05, 4.69) is 4.90 Å². The van der Waals surface area contributed by atoms with E-state index in [1.807, 2.05) is 7.05 Å². The van der Waals surface area contributed by atoms with Crippen molar-refractivity contribution in [2.24, 2.45) is 0 Å². The molecule has 1 heterocycles. The van der Waals surface area contributed by atoms with Gasteiger partial charge in [-0.25, -0.2) is 4.39 Å². The molecule has 0 aliphatic carbocycles. The van der Waals surface area contributed by atoms with Crippen LogP contribution in [-0.2, 0) is 4.79 Å². The summed E-state index contributed by atoms with van der Waals surface area (Å²) in [6.45, 7) is 3.12. The van der Waals surface area contributed by atoms with E-state index in [4.69, 9.17) is 4.74 Å². The minimum Gasteiger partial charge on any atom is -0.484 e. The molecule has 0 saturated carbocycles. The summed E-state index contributed by atoms with van der Waals surface area (Å²) in [5, 5.41) is 0. The number of ether oxygens (including phenoxy) is 1. The number of hydrogen-bond donors (Lipinski definition) is 0. The number of carbonyl (C=O) groups excluding carboxylic acids is 2. The standard InChI is InChI=1S/C22H23FN2O3.ClH/c1-24-12-14-25(15-13-24)22(27)16-28-19-9-6-18(7-10-19)21(26)11-8-17-4-2-3-5-20(17)23;/h2-11H,12-16H2,1H3;1H/b11-8+;. The van der Waals surface area contributed by atoms with Gasteiger partial charge in [-0.05, 0) is 49.5 Å². The predicted molar refractivity (Wildman–Crippen MR) is 113 cm³/mol. The zero-order chi connectivity index (χ0) is 19.9. The molecule has 0 atom stereocenters. The van der Waals surface area contributed by atoms with Crippen molar-refractivity contribution in [1.82, 2.24) is 9.80 Å². The van der Waals surface area contributed by atoms with Crippen molar-refractivity contribution in [2.45, 2.75) is 0 Å². The van der Waals surface area contributed by atoms with Crippen LogP contribution in [0.25, 0.3) is 6.08 Å². The molecule has 154 valence electrons. The average Bonchev–Trinajstić information content (AvgIpc) is 2.72. The maximum Gasteiger partial charge on any atom is 0.260 e. The highest BCUT2D eigenvalue weighted by molar-refractivity contribution is 6.06. The SMILES string of the molecule is CN1CCN(C(=O)COc2ccc(C(=O)/C=C/c3ccccc3F)cc2)CC1.Cl. The number of piperazine rings is 1. The normalized spacial score (nSPS) is 14.5. The summed E-state index contributed by atoms with van der Waals surface area (Å²) in [5.74, 6) is -0.123. The van der Waals surface area contributed by atoms with Crippen LogP contribution in [-0.4, -0.2) is 61.3 Å². The molecule has 1 fully saturated rings. The molecule has 0 aromatic heterocycles. The van der Waals surface area contributed by atoms with Gasteiger partial charge < -0.3 is 14.5 Å². The van der Waals surface area contributed by atoms with E-state index >= 15 is 0 Å². The minimum absolute atomic E-state index is 0. The van der Waals surface area contributed by atoms with Gasteiger partial charge in [0.05, 0.1) is 0 Å². The van der Waals surface area contributed by atoms with Gasteiger partial charge >= 0.3 is 0 Å². The molecule has 0 bridgehead atoms. The summed E-state index contributed by atoms with van der Waals surface area (Å²) >= 11 is 0. The lowest BCUT2D eigenvalue weighted by Gasteiger charge is -2.32. The lowest BCUT2D eigenvalue weighted by molar-refractivity contribution is -0.134. The van der Waals surface area contributed by atoms with Crippen molar-refractivity contribution >= 4 is 30.2 Å². The second-order valence-electron chi connectivity index (χ2n) is 6.72. The molecule has 1 saturated heterocycles. The number of hydrogen-bond acceptors (Lipinski definition) is 4. The molecule has 0 spiro atoms. The maximum atomic E-state index is 13.6. The molecule has 2 aromatic carbocycles. The number of rotatable bonds is 6. The summed E-state index contributed by atoms with van der Waals surface area (Å²) in [5.41, 5.74) is 0.823. The average molecular weight is 419 g/mol. The summed E-state index contributed by atoms with van der Waals surface area (Å²) in [7, 11) is 2.03. The predicted octanol–water partition coefficient (Wildman–Crippen LogP) is 3.30. The fourth-order valence-corrected chi connectivity index (χ4v) is 2.88. The van der Waals surface area contributed by atoms with Crippen molar-refractivity contribution < 1.29 is 18.7 Å². The number of ketones is 1. The Bertz CT molecular complexity index is 863. The molecule has 7 heteroatoms. The van der Waals surface area contributed by atoms with Crippen LogP contribution in [0.15, 0.2) is 54.6 Å². The Hall–Kier alpha value is -2.70. The minimum atomic E-state index is -0.375. The Morgan fingerprint density at radius 1 is 1.03 bits per heavy atom. The van der Waals surface area contributed by atoms with Gasteiger partial charge in [0.1, 0.15) is 11.6 Å². The molecule has 1 aliphatic rings. The van der Waals surface area contributed by atoms with Gasteiger partial charge in [0.25, 0.3) is 5.91 Å². The second-order valence-corrected chi connectivity index (χ2v) is 6.72. The number of benzene rings is 2. The summed E-state index contributed by atoms with van der Waals surface area (Å²) in [6, 6.07) is 12.8. The highest BCUT2D eigenvalue weighted by Gasteiger charge is 2.19. The molecular formula is C22H24ClFN2O3. The number of halogens is 2. The van der Waals surface area contributed by atoms with Crippen LogP contribution < -0.4 is 4.74 Å². The fourth-order valence-electron chi connectivity index (χ4n) is 2.88. The van der Waals surface area contributed by atoms with E-state index < -0.39 is 0 Å². The largest absolute Gasteiger partial charge is 0.484 e. The maximum absolute atomic E-state index is 13.6. The highest BCUT2D eigenvalue weighted by atomic mass is 35.5. The zero-order valence-electron chi connectivity index (χ0n) is 16.2. The Morgan fingerprint density at radius 2 is 1.69 bits per heavy atom. The third-order valence-corrected chi connectivity index (χ3v) is 4.68. The topological polar surface area (TPSA) is 49.9 Å². The van der Waals surface area contributed by atoms with Crippen LogP contribution in [0, 0.1) is 5.82 Å². The van der Waals surface area contributed by atoms with E-state index in [1.165, 1.54) is 18.2 Å². The molecule has 3 rings (SSSR count). The number of carbonyl (C=O) groups is 2. The molecular weight excluding hydrogens is 395 g/mol. The number of allylic oxidation sites excluding steroid dienone is 1. The van der Waals surface area contributed by atoms with Gasteiger partial charge in [-0.2, -0.15) is 0 Å². The molecule has 2 aromatic rings. The molecule has 5 nitrogen and oxygen atoms in total. The van der Waals surface area contributed by atoms with Gasteiger partial charge in [-0.15, -0.1) is 12.4 Å². The van der Waals surface area contributed by atoms with E-state index in [0.717, 1.165) is 13.1 Å². The molecule has 0 unspecified atom stereocenters. The van der Waals surface area contributed by atoms with E-state index in [1.54, 1.807) is 47.4 Å². The van der Waals surface area contributed by atoms with E-state index in [9.17, 15) is 14.0 Å². The van der Waals surface area contributed by atoms with Crippen LogP contribution in [0.5, 0.6) is 5.75 Å². The van der Waals surface area contributed by atoms with Crippen LogP contribution in [0.3, 0.4) is 0 Å². The van der Waals surface area contributed by atoms with Crippen molar-refractivity contribution in [3.05, 3.63) is 71.6 Å². The molecule has 1 amide bonds. The van der Waals surface area contributed by atoms with Crippen molar-refractivity contribution in [3.8, 4) is 5.75 Å². The zero-order valence-corrected chi connectivity index (χ0v) is 17.0. The Balaban J connectivity index is 0.00000300. The van der Waals surface area contributed by atoms with Gasteiger partial charge in [0.2, 0.25) is 0 Å². The van der Waals surface area contributed by atoms with Crippen molar-refractivity contribution in [3.63, 3.8) is 0 Å². The van der Waals surface area contributed by atoms with Crippen LogP contribution in [0.1, 0.15) is 15.9 Å². The van der Waals surface area contributed by atoms with Crippen LogP contribution >= 0.6 is 12.4 Å². The van der Waals surface area contributed by atoms with Gasteiger partial charge in [-0.3, -0.25) is 9.59 Å². The monoisotopic (exact) mass is 418 g/mol. The fraction of sp³-hybridized carbons (Fsp3) is 0.273. The Labute approximate surface area is 176 Å². The first kappa shape index (κ1) is 22.6. The van der Waals surface area contributed by atoms with Gasteiger partial charge in [0, 0.05) is 37.3 Å². The number of nitrogens with zero attached hydrogens (tertiary/aromatic N) is 2. The smallest absolute Gasteiger partial charge is 0.260 e. The lowest BCUT2D eigenvalue weighted by Crippen LogP contribution is -2.48. The van der Waals surface area contributed by atoms with Gasteiger partial charge in [-0.1, -0.05) is 18.2 Å². The third-order valence-electron chi connectivity index (χ3n) is 4.68. The molecule has 0 radical (unpaired) electrons. The van der Waals surface area contributed by atoms with E-state index in [0.29, 0.717) is 30.0 Å². The molecule has 0 N–H and O–H groups in total. The molecule has 1 aliphatic heterocycles. The molecule has 29 heavy (non-hydrogen) atoms. The third kappa shape index (κ3) is 6.41.